The lowest BCUT2D eigenvalue weighted by Gasteiger charge is -2.29. The van der Waals surface area contributed by atoms with Crippen LogP contribution in [0.4, 0.5) is 4.39 Å². The number of aromatic nitrogens is 1. The zero-order valence-electron chi connectivity index (χ0n) is 20.1. The van der Waals surface area contributed by atoms with Crippen LogP contribution in [0.5, 0.6) is 17.2 Å². The Morgan fingerprint density at radius 3 is 2.33 bits per heavy atom. The number of hydrogen-bond acceptors (Lipinski definition) is 7. The lowest BCUT2D eigenvalue weighted by atomic mass is 10.1. The molecule has 1 aliphatic rings. The Balaban J connectivity index is 1.68. The van der Waals surface area contributed by atoms with Gasteiger partial charge in [0.05, 0.1) is 33.6 Å². The third-order valence-electron chi connectivity index (χ3n) is 5.77. The number of ether oxygens (including phenoxy) is 3. The molecule has 0 aliphatic carbocycles. The van der Waals surface area contributed by atoms with Gasteiger partial charge in [0.2, 0.25) is 11.7 Å². The van der Waals surface area contributed by atoms with E-state index in [1.165, 1.54) is 50.1 Å². The van der Waals surface area contributed by atoms with Crippen molar-refractivity contribution in [3.63, 3.8) is 0 Å². The summed E-state index contributed by atoms with van der Waals surface area (Å²) in [7, 11) is 4.41. The van der Waals surface area contributed by atoms with Gasteiger partial charge < -0.3 is 24.4 Å². The van der Waals surface area contributed by atoms with Crippen molar-refractivity contribution in [2.45, 2.75) is 18.0 Å². The molecular weight excluding hydrogens is 485 g/mol. The summed E-state index contributed by atoms with van der Waals surface area (Å²) in [6, 6.07) is 13.7. The van der Waals surface area contributed by atoms with Crippen LogP contribution in [0.25, 0.3) is 0 Å². The van der Waals surface area contributed by atoms with E-state index in [-0.39, 0.29) is 23.8 Å². The van der Waals surface area contributed by atoms with Crippen LogP contribution in [-0.4, -0.2) is 54.8 Å². The summed E-state index contributed by atoms with van der Waals surface area (Å²) in [4.78, 5) is 32.9. The van der Waals surface area contributed by atoms with Crippen LogP contribution in [0.3, 0.4) is 0 Å². The van der Waals surface area contributed by atoms with Crippen LogP contribution in [0.15, 0.2) is 60.8 Å². The van der Waals surface area contributed by atoms with Crippen molar-refractivity contribution in [3.05, 3.63) is 83.4 Å². The van der Waals surface area contributed by atoms with E-state index in [1.54, 1.807) is 36.5 Å². The first-order chi connectivity index (χ1) is 17.5. The third kappa shape index (κ3) is 5.23. The highest BCUT2D eigenvalue weighted by Gasteiger charge is 2.43. The van der Waals surface area contributed by atoms with Crippen molar-refractivity contribution < 1.29 is 28.2 Å². The number of carbonyl (C=O) groups is 2. The largest absolute Gasteiger partial charge is 0.493 e. The van der Waals surface area contributed by atoms with Gasteiger partial charge in [0, 0.05) is 17.5 Å². The van der Waals surface area contributed by atoms with Crippen LogP contribution in [-0.2, 0) is 11.3 Å². The number of nitrogens with one attached hydrogen (secondary N) is 1. The maximum absolute atomic E-state index is 13.9. The highest BCUT2D eigenvalue weighted by Crippen LogP contribution is 2.44. The lowest BCUT2D eigenvalue weighted by molar-refractivity contribution is -0.125. The molecule has 1 aliphatic heterocycles. The molecule has 188 valence electrons. The Kier molecular flexibility index (Phi) is 7.94. The number of rotatable bonds is 8. The van der Waals surface area contributed by atoms with Gasteiger partial charge in [0.15, 0.2) is 11.5 Å². The third-order valence-corrected chi connectivity index (χ3v) is 7.10. The molecule has 1 N–H and O–H groups in total. The molecule has 2 unspecified atom stereocenters. The average molecular weight is 512 g/mol. The van der Waals surface area contributed by atoms with Crippen molar-refractivity contribution in [2.75, 3.05) is 27.1 Å². The predicted molar refractivity (Wildman–Crippen MR) is 134 cm³/mol. The van der Waals surface area contributed by atoms with Crippen LogP contribution >= 0.6 is 11.8 Å². The van der Waals surface area contributed by atoms with Gasteiger partial charge in [0.1, 0.15) is 17.2 Å². The van der Waals surface area contributed by atoms with Gasteiger partial charge in [-0.2, -0.15) is 0 Å². The zero-order valence-corrected chi connectivity index (χ0v) is 20.9. The number of pyridine rings is 1. The minimum atomic E-state index is -0.764. The number of hydrogen-bond donors (Lipinski definition) is 1. The number of thioether (sulfide) groups is 1. The van der Waals surface area contributed by atoms with E-state index in [9.17, 15) is 14.0 Å². The molecule has 2 heterocycles. The molecular formula is C26H26FN3O5S. The van der Waals surface area contributed by atoms with Crippen LogP contribution in [0, 0.1) is 5.82 Å². The molecule has 1 fully saturated rings. The van der Waals surface area contributed by atoms with Crippen molar-refractivity contribution in [2.24, 2.45) is 0 Å². The van der Waals surface area contributed by atoms with E-state index < -0.39 is 17.3 Å². The molecule has 0 radical (unpaired) electrons. The fourth-order valence-electron chi connectivity index (χ4n) is 3.99. The molecule has 0 spiro atoms. The Hall–Kier alpha value is -3.79. The normalized spacial score (nSPS) is 16.9. The Labute approximate surface area is 212 Å². The first-order valence-electron chi connectivity index (χ1n) is 11.1. The molecule has 10 heteroatoms. The molecule has 1 saturated heterocycles. The first kappa shape index (κ1) is 25.3. The number of halogens is 1. The maximum atomic E-state index is 13.9. The fourth-order valence-corrected chi connectivity index (χ4v) is 5.42. The standard InChI is InChI=1S/C26H26FN3O5S/c1-33-21-12-17(13-22(34-2)23(21)35-3)25(32)30-20(24(31)29-14-19-6-4-5-11-28-19)15-36-26(30)16-7-9-18(27)10-8-16/h4-13,20,26H,14-15H2,1-3H3,(H,29,31). The van der Waals surface area contributed by atoms with Crippen molar-refractivity contribution in [1.29, 1.82) is 0 Å². The molecule has 2 aromatic carbocycles. The smallest absolute Gasteiger partial charge is 0.256 e. The van der Waals surface area contributed by atoms with Crippen molar-refractivity contribution in [3.8, 4) is 17.2 Å². The van der Waals surface area contributed by atoms with Gasteiger partial charge in [-0.05, 0) is 42.0 Å². The Morgan fingerprint density at radius 1 is 1.06 bits per heavy atom. The Bertz CT molecular complexity index is 1200. The summed E-state index contributed by atoms with van der Waals surface area (Å²) in [5.41, 5.74) is 1.68. The minimum Gasteiger partial charge on any atom is -0.493 e. The second-order valence-electron chi connectivity index (χ2n) is 7.92. The highest BCUT2D eigenvalue weighted by atomic mass is 32.2. The molecule has 0 saturated carbocycles. The summed E-state index contributed by atoms with van der Waals surface area (Å²) < 4.78 is 29.8. The monoisotopic (exact) mass is 511 g/mol. The number of nitrogens with zero attached hydrogens (tertiary/aromatic N) is 2. The van der Waals surface area contributed by atoms with Gasteiger partial charge in [-0.25, -0.2) is 4.39 Å². The van der Waals surface area contributed by atoms with Crippen LogP contribution in [0.2, 0.25) is 0 Å². The molecule has 3 aromatic rings. The van der Waals surface area contributed by atoms with Gasteiger partial charge in [-0.1, -0.05) is 18.2 Å². The molecule has 2 atom stereocenters. The van der Waals surface area contributed by atoms with E-state index >= 15 is 0 Å². The van der Waals surface area contributed by atoms with Crippen LogP contribution in [0.1, 0.15) is 27.0 Å². The van der Waals surface area contributed by atoms with Gasteiger partial charge >= 0.3 is 0 Å². The maximum Gasteiger partial charge on any atom is 0.256 e. The van der Waals surface area contributed by atoms with E-state index in [1.807, 2.05) is 12.1 Å². The van der Waals surface area contributed by atoms with Gasteiger partial charge in [0.25, 0.3) is 5.91 Å². The van der Waals surface area contributed by atoms with Crippen molar-refractivity contribution >= 4 is 23.6 Å². The summed E-state index contributed by atoms with van der Waals surface area (Å²) in [5.74, 6) is 0.279. The Morgan fingerprint density at radius 2 is 1.75 bits per heavy atom. The topological polar surface area (TPSA) is 90.0 Å². The van der Waals surface area contributed by atoms with E-state index in [2.05, 4.69) is 10.3 Å². The summed E-state index contributed by atoms with van der Waals surface area (Å²) >= 11 is 1.44. The van der Waals surface area contributed by atoms with E-state index in [0.717, 1.165) is 0 Å². The number of carbonyl (C=O) groups excluding carboxylic acids is 2. The quantitative estimate of drug-likeness (QED) is 0.492. The second kappa shape index (κ2) is 11.3. The minimum absolute atomic E-state index is 0.230. The molecule has 36 heavy (non-hydrogen) atoms. The summed E-state index contributed by atoms with van der Waals surface area (Å²) in [5, 5.41) is 2.39. The second-order valence-corrected chi connectivity index (χ2v) is 9.03. The summed E-state index contributed by atoms with van der Waals surface area (Å²) in [6.45, 7) is 0.230. The van der Waals surface area contributed by atoms with Crippen LogP contribution < -0.4 is 19.5 Å². The zero-order chi connectivity index (χ0) is 25.7. The first-order valence-corrected chi connectivity index (χ1v) is 12.2. The van der Waals surface area contributed by atoms with Crippen molar-refractivity contribution in [1.82, 2.24) is 15.2 Å². The molecule has 0 bridgehead atoms. The molecule has 8 nitrogen and oxygen atoms in total. The number of methoxy groups -OCH3 is 3. The highest BCUT2D eigenvalue weighted by molar-refractivity contribution is 7.99. The molecule has 4 rings (SSSR count). The lowest BCUT2D eigenvalue weighted by Crippen LogP contribution is -2.47. The number of amides is 2. The van der Waals surface area contributed by atoms with Gasteiger partial charge in [-0.15, -0.1) is 11.8 Å². The summed E-state index contributed by atoms with van der Waals surface area (Å²) in [6.07, 6.45) is 1.65. The van der Waals surface area contributed by atoms with E-state index in [0.29, 0.717) is 34.3 Å². The SMILES string of the molecule is COc1cc(C(=O)N2C(C(=O)NCc3ccccn3)CSC2c2ccc(F)cc2)cc(OC)c1OC. The predicted octanol–water partition coefficient (Wildman–Crippen LogP) is 3.82. The molecule has 1 aromatic heterocycles. The fraction of sp³-hybridized carbons (Fsp3) is 0.269. The molecule has 2 amide bonds. The van der Waals surface area contributed by atoms with E-state index in [4.69, 9.17) is 14.2 Å². The van der Waals surface area contributed by atoms with Gasteiger partial charge in [-0.3, -0.25) is 14.6 Å². The average Bonchev–Trinajstić information content (AvgIpc) is 3.36. The number of benzene rings is 2.